The second-order valence-corrected chi connectivity index (χ2v) is 8.70. The minimum absolute atomic E-state index is 0.209. The molecule has 2 amide bonds. The predicted molar refractivity (Wildman–Crippen MR) is 104 cm³/mol. The topological polar surface area (TPSA) is 91.4 Å². The Morgan fingerprint density at radius 1 is 1.19 bits per heavy atom. The quantitative estimate of drug-likeness (QED) is 0.795. The number of aromatic nitrogens is 1. The van der Waals surface area contributed by atoms with E-state index in [0.29, 0.717) is 43.2 Å². The van der Waals surface area contributed by atoms with E-state index in [2.05, 4.69) is 15.6 Å². The molecule has 2 heterocycles. The third-order valence-electron chi connectivity index (χ3n) is 4.52. The number of anilines is 1. The summed E-state index contributed by atoms with van der Waals surface area (Å²) in [7, 11) is -3.51. The van der Waals surface area contributed by atoms with Crippen molar-refractivity contribution in [1.82, 2.24) is 14.6 Å². The highest BCUT2D eigenvalue weighted by atomic mass is 35.5. The molecule has 1 aliphatic rings. The lowest BCUT2D eigenvalue weighted by molar-refractivity contribution is 0.240. The zero-order valence-corrected chi connectivity index (χ0v) is 16.2. The van der Waals surface area contributed by atoms with Crippen LogP contribution in [0.2, 0.25) is 5.02 Å². The van der Waals surface area contributed by atoms with Crippen LogP contribution in [-0.2, 0) is 10.0 Å². The lowest BCUT2D eigenvalue weighted by Crippen LogP contribution is -2.42. The summed E-state index contributed by atoms with van der Waals surface area (Å²) in [5.41, 5.74) is 0.550. The Hall–Kier alpha value is -2.16. The number of urea groups is 1. The molecule has 1 aliphatic heterocycles. The molecule has 1 saturated heterocycles. The summed E-state index contributed by atoms with van der Waals surface area (Å²) in [6.07, 6.45) is 4.28. The summed E-state index contributed by atoms with van der Waals surface area (Å²) in [5.74, 6) is 0.224. The Bertz CT molecular complexity index is 884. The van der Waals surface area contributed by atoms with Gasteiger partial charge in [0.1, 0.15) is 4.90 Å². The highest BCUT2D eigenvalue weighted by molar-refractivity contribution is 7.89. The number of hydrogen-bond donors (Lipinski definition) is 2. The molecule has 9 heteroatoms. The Morgan fingerprint density at radius 2 is 1.93 bits per heavy atom. The molecular formula is C18H21ClN4O3S. The van der Waals surface area contributed by atoms with Crippen LogP contribution in [0.15, 0.2) is 53.7 Å². The van der Waals surface area contributed by atoms with E-state index in [1.54, 1.807) is 42.6 Å². The van der Waals surface area contributed by atoms with E-state index in [4.69, 9.17) is 11.6 Å². The number of benzene rings is 1. The zero-order chi connectivity index (χ0) is 19.3. The number of rotatable bonds is 5. The van der Waals surface area contributed by atoms with Gasteiger partial charge in [-0.3, -0.25) is 4.98 Å². The first-order valence-electron chi connectivity index (χ1n) is 8.66. The first-order chi connectivity index (χ1) is 13.0. The van der Waals surface area contributed by atoms with Gasteiger partial charge < -0.3 is 10.6 Å². The van der Waals surface area contributed by atoms with Gasteiger partial charge in [-0.1, -0.05) is 23.7 Å². The molecule has 1 aromatic carbocycles. The van der Waals surface area contributed by atoms with Gasteiger partial charge in [-0.05, 0) is 43.0 Å². The Balaban J connectivity index is 1.47. The molecule has 3 rings (SSSR count). The van der Waals surface area contributed by atoms with Crippen molar-refractivity contribution in [2.75, 3.05) is 25.0 Å². The van der Waals surface area contributed by atoms with Gasteiger partial charge in [0.25, 0.3) is 0 Å². The molecule has 2 N–H and O–H groups in total. The van der Waals surface area contributed by atoms with Gasteiger partial charge in [-0.2, -0.15) is 4.31 Å². The monoisotopic (exact) mass is 408 g/mol. The van der Waals surface area contributed by atoms with E-state index in [1.165, 1.54) is 10.5 Å². The standard InChI is InChI=1S/C18H21ClN4O3S/c19-16-5-1-2-6-17(16)22-18(24)21-12-14-7-10-23(11-8-14)27(25,26)15-4-3-9-20-13-15/h1-6,9,13-14H,7-8,10-12H2,(H2,21,22,24). The van der Waals surface area contributed by atoms with Gasteiger partial charge in [0.2, 0.25) is 10.0 Å². The van der Waals surface area contributed by atoms with Crippen LogP contribution in [0.5, 0.6) is 0 Å². The van der Waals surface area contributed by atoms with E-state index in [-0.39, 0.29) is 16.8 Å². The number of nitrogens with one attached hydrogen (secondary N) is 2. The first kappa shape index (κ1) is 19.6. The molecule has 144 valence electrons. The van der Waals surface area contributed by atoms with Crippen molar-refractivity contribution < 1.29 is 13.2 Å². The number of piperidine rings is 1. The summed E-state index contributed by atoms with van der Waals surface area (Å²) in [6, 6.07) is 9.85. The average Bonchev–Trinajstić information content (AvgIpc) is 2.69. The Labute approximate surface area is 163 Å². The van der Waals surface area contributed by atoms with Crippen molar-refractivity contribution in [3.8, 4) is 0 Å². The molecule has 0 spiro atoms. The van der Waals surface area contributed by atoms with Gasteiger partial charge >= 0.3 is 6.03 Å². The molecule has 0 aliphatic carbocycles. The van der Waals surface area contributed by atoms with Crippen LogP contribution in [0.4, 0.5) is 10.5 Å². The summed E-state index contributed by atoms with van der Waals surface area (Å²) in [4.78, 5) is 16.1. The van der Waals surface area contributed by atoms with Crippen molar-refractivity contribution in [1.29, 1.82) is 0 Å². The van der Waals surface area contributed by atoms with Crippen LogP contribution in [0.1, 0.15) is 12.8 Å². The van der Waals surface area contributed by atoms with Gasteiger partial charge in [-0.15, -0.1) is 0 Å². The Kier molecular flexibility index (Phi) is 6.30. The fraction of sp³-hybridized carbons (Fsp3) is 0.333. The van der Waals surface area contributed by atoms with Crippen molar-refractivity contribution in [3.05, 3.63) is 53.8 Å². The fourth-order valence-corrected chi connectivity index (χ4v) is 4.59. The molecule has 2 aromatic rings. The molecule has 0 saturated carbocycles. The third kappa shape index (κ3) is 4.97. The molecule has 7 nitrogen and oxygen atoms in total. The minimum Gasteiger partial charge on any atom is -0.338 e. The Morgan fingerprint density at radius 3 is 2.59 bits per heavy atom. The van der Waals surface area contributed by atoms with Crippen LogP contribution < -0.4 is 10.6 Å². The van der Waals surface area contributed by atoms with Crippen LogP contribution in [0, 0.1) is 5.92 Å². The summed E-state index contributed by atoms with van der Waals surface area (Å²) < 4.78 is 26.7. The summed E-state index contributed by atoms with van der Waals surface area (Å²) in [5, 5.41) is 6.01. The number of halogens is 1. The van der Waals surface area contributed by atoms with Gasteiger partial charge in [-0.25, -0.2) is 13.2 Å². The van der Waals surface area contributed by atoms with Crippen molar-refractivity contribution in [2.24, 2.45) is 5.92 Å². The second-order valence-electron chi connectivity index (χ2n) is 6.35. The average molecular weight is 409 g/mol. The van der Waals surface area contributed by atoms with Crippen LogP contribution in [0.25, 0.3) is 0 Å². The van der Waals surface area contributed by atoms with Gasteiger partial charge in [0.05, 0.1) is 10.7 Å². The number of carbonyl (C=O) groups excluding carboxylic acids is 1. The molecule has 0 radical (unpaired) electrons. The maximum Gasteiger partial charge on any atom is 0.319 e. The van der Waals surface area contributed by atoms with Gasteiger partial charge in [0.15, 0.2) is 0 Å². The van der Waals surface area contributed by atoms with E-state index < -0.39 is 10.0 Å². The number of amides is 2. The number of para-hydroxylation sites is 1. The second kappa shape index (κ2) is 8.69. The predicted octanol–water partition coefficient (Wildman–Crippen LogP) is 2.96. The lowest BCUT2D eigenvalue weighted by atomic mass is 9.98. The maximum absolute atomic E-state index is 12.6. The highest BCUT2D eigenvalue weighted by Gasteiger charge is 2.29. The molecular weight excluding hydrogens is 388 g/mol. The van der Waals surface area contributed by atoms with Crippen molar-refractivity contribution in [2.45, 2.75) is 17.7 Å². The number of sulfonamides is 1. The number of nitrogens with zero attached hydrogens (tertiary/aromatic N) is 2. The normalized spacial score (nSPS) is 16.0. The van der Waals surface area contributed by atoms with E-state index in [1.807, 2.05) is 0 Å². The smallest absolute Gasteiger partial charge is 0.319 e. The van der Waals surface area contributed by atoms with Crippen LogP contribution >= 0.6 is 11.6 Å². The van der Waals surface area contributed by atoms with Crippen molar-refractivity contribution in [3.63, 3.8) is 0 Å². The van der Waals surface area contributed by atoms with E-state index >= 15 is 0 Å². The summed E-state index contributed by atoms with van der Waals surface area (Å²) in [6.45, 7) is 1.34. The zero-order valence-electron chi connectivity index (χ0n) is 14.6. The number of carbonyl (C=O) groups is 1. The van der Waals surface area contributed by atoms with Crippen LogP contribution in [0.3, 0.4) is 0 Å². The number of pyridine rings is 1. The third-order valence-corrected chi connectivity index (χ3v) is 6.73. The highest BCUT2D eigenvalue weighted by Crippen LogP contribution is 2.23. The van der Waals surface area contributed by atoms with E-state index in [0.717, 1.165) is 0 Å². The molecule has 0 unspecified atom stereocenters. The first-order valence-corrected chi connectivity index (χ1v) is 10.5. The molecule has 0 bridgehead atoms. The molecule has 0 atom stereocenters. The van der Waals surface area contributed by atoms with Gasteiger partial charge in [0, 0.05) is 32.0 Å². The minimum atomic E-state index is -3.51. The molecule has 1 fully saturated rings. The van der Waals surface area contributed by atoms with E-state index in [9.17, 15) is 13.2 Å². The molecule has 1 aromatic heterocycles. The maximum atomic E-state index is 12.6. The SMILES string of the molecule is O=C(NCC1CCN(S(=O)(=O)c2cccnc2)CC1)Nc1ccccc1Cl. The lowest BCUT2D eigenvalue weighted by Gasteiger charge is -2.31. The summed E-state index contributed by atoms with van der Waals surface area (Å²) >= 11 is 6.02. The van der Waals surface area contributed by atoms with Crippen molar-refractivity contribution >= 4 is 33.3 Å². The largest absolute Gasteiger partial charge is 0.338 e. The molecule has 27 heavy (non-hydrogen) atoms. The number of hydrogen-bond acceptors (Lipinski definition) is 4. The van der Waals surface area contributed by atoms with Crippen LogP contribution in [-0.4, -0.2) is 43.4 Å². The fourth-order valence-electron chi connectivity index (χ4n) is 2.97.